The van der Waals surface area contributed by atoms with E-state index >= 15 is 0 Å². The number of carbonyl (C=O) groups excluding carboxylic acids is 1. The van der Waals surface area contributed by atoms with Crippen molar-refractivity contribution < 1.29 is 14.3 Å². The maximum Gasteiger partial charge on any atom is 0.257 e. The molecule has 3 aromatic rings. The third kappa shape index (κ3) is 4.19. The largest absolute Gasteiger partial charge is 0.496 e. The second-order valence-corrected chi connectivity index (χ2v) is 7.44. The van der Waals surface area contributed by atoms with Crippen LogP contribution in [0.25, 0.3) is 10.9 Å². The molecule has 9 heteroatoms. The van der Waals surface area contributed by atoms with E-state index in [-0.39, 0.29) is 18.3 Å². The van der Waals surface area contributed by atoms with E-state index in [1.807, 2.05) is 47.0 Å². The Morgan fingerprint density at radius 2 is 2.03 bits per heavy atom. The molecule has 0 atom stereocenters. The molecule has 4 rings (SSSR count). The molecule has 29 heavy (non-hydrogen) atoms. The molecule has 0 radical (unpaired) electrons. The molecule has 1 saturated heterocycles. The summed E-state index contributed by atoms with van der Waals surface area (Å²) in [4.78, 5) is 19.4. The van der Waals surface area contributed by atoms with Crippen molar-refractivity contribution in [3.8, 4) is 5.75 Å². The summed E-state index contributed by atoms with van der Waals surface area (Å²) in [5, 5.41) is 4.24. The number of nitrogens with zero attached hydrogens (tertiary/aromatic N) is 3. The highest BCUT2D eigenvalue weighted by Gasteiger charge is 2.23. The van der Waals surface area contributed by atoms with Crippen LogP contribution in [0.1, 0.15) is 10.4 Å². The zero-order valence-electron chi connectivity index (χ0n) is 16.1. The maximum atomic E-state index is 13.0. The summed E-state index contributed by atoms with van der Waals surface area (Å²) < 4.78 is 13.4. The van der Waals surface area contributed by atoms with Gasteiger partial charge in [0.05, 0.1) is 35.9 Å². The minimum Gasteiger partial charge on any atom is -0.496 e. The quantitative estimate of drug-likeness (QED) is 0.610. The van der Waals surface area contributed by atoms with Crippen molar-refractivity contribution in [1.82, 2.24) is 14.5 Å². The minimum absolute atomic E-state index is 0. The topological polar surface area (TPSA) is 68.6 Å². The molecular formula is C20H22BrClN4O3. The summed E-state index contributed by atoms with van der Waals surface area (Å²) >= 11 is 3.50. The minimum atomic E-state index is -0.0126. The van der Waals surface area contributed by atoms with Crippen molar-refractivity contribution in [2.24, 2.45) is 7.05 Å². The lowest BCUT2D eigenvalue weighted by atomic mass is 10.1. The number of halogens is 2. The number of amides is 1. The number of fused-ring (bicyclic) bond motifs is 1. The molecule has 1 amide bonds. The van der Waals surface area contributed by atoms with Gasteiger partial charge in [0, 0.05) is 43.6 Å². The van der Waals surface area contributed by atoms with Crippen LogP contribution in [0.4, 0.5) is 11.5 Å². The van der Waals surface area contributed by atoms with Gasteiger partial charge in [-0.1, -0.05) is 0 Å². The number of pyridine rings is 1. The molecule has 0 saturated carbocycles. The summed E-state index contributed by atoms with van der Waals surface area (Å²) in [7, 11) is 3.57. The van der Waals surface area contributed by atoms with E-state index in [2.05, 4.69) is 26.2 Å². The van der Waals surface area contributed by atoms with Crippen molar-refractivity contribution >= 4 is 56.7 Å². The van der Waals surface area contributed by atoms with Crippen LogP contribution in [0.15, 0.2) is 41.1 Å². The summed E-state index contributed by atoms with van der Waals surface area (Å²) in [5.41, 5.74) is 2.34. The number of aryl methyl sites for hydroxylation is 1. The highest BCUT2D eigenvalue weighted by atomic mass is 79.9. The third-order valence-electron chi connectivity index (χ3n) is 4.85. The average Bonchev–Trinajstić information content (AvgIpc) is 3.11. The number of rotatable bonds is 4. The van der Waals surface area contributed by atoms with Crippen LogP contribution in [0.3, 0.4) is 0 Å². The first-order chi connectivity index (χ1) is 13.6. The van der Waals surface area contributed by atoms with Gasteiger partial charge in [0.1, 0.15) is 11.6 Å². The second-order valence-electron chi connectivity index (χ2n) is 6.59. The molecule has 3 heterocycles. The van der Waals surface area contributed by atoms with Gasteiger partial charge in [-0.25, -0.2) is 4.98 Å². The first-order valence-corrected chi connectivity index (χ1v) is 9.79. The average molecular weight is 482 g/mol. The van der Waals surface area contributed by atoms with Crippen LogP contribution in [-0.4, -0.2) is 53.8 Å². The summed E-state index contributed by atoms with van der Waals surface area (Å²) in [6.07, 6.45) is 3.60. The Balaban J connectivity index is 0.00000240. The Bertz CT molecular complexity index is 1030. The fourth-order valence-corrected chi connectivity index (χ4v) is 3.93. The molecule has 0 spiro atoms. The van der Waals surface area contributed by atoms with Gasteiger partial charge >= 0.3 is 0 Å². The van der Waals surface area contributed by atoms with Gasteiger partial charge in [0.15, 0.2) is 0 Å². The molecular weight excluding hydrogens is 460 g/mol. The van der Waals surface area contributed by atoms with Gasteiger partial charge in [-0.2, -0.15) is 0 Å². The molecule has 1 aromatic carbocycles. The molecule has 1 aliphatic rings. The number of ether oxygens (including phenoxy) is 2. The smallest absolute Gasteiger partial charge is 0.257 e. The van der Waals surface area contributed by atoms with Crippen molar-refractivity contribution in [3.63, 3.8) is 0 Å². The summed E-state index contributed by atoms with van der Waals surface area (Å²) in [6, 6.07) is 7.71. The van der Waals surface area contributed by atoms with E-state index < -0.39 is 0 Å². The predicted octanol–water partition coefficient (Wildman–Crippen LogP) is 3.98. The molecule has 7 nitrogen and oxygen atoms in total. The van der Waals surface area contributed by atoms with Crippen molar-refractivity contribution in [2.45, 2.75) is 0 Å². The molecule has 0 aliphatic carbocycles. The zero-order valence-corrected chi connectivity index (χ0v) is 18.5. The van der Waals surface area contributed by atoms with E-state index in [1.54, 1.807) is 13.3 Å². The molecule has 2 aromatic heterocycles. The van der Waals surface area contributed by atoms with E-state index in [0.717, 1.165) is 26.8 Å². The van der Waals surface area contributed by atoms with Crippen LogP contribution < -0.4 is 10.1 Å². The number of methoxy groups -OCH3 is 1. The second kappa shape index (κ2) is 9.02. The number of hydrogen-bond donors (Lipinski definition) is 1. The highest BCUT2D eigenvalue weighted by molar-refractivity contribution is 9.10. The molecule has 0 unspecified atom stereocenters. The van der Waals surface area contributed by atoms with Crippen LogP contribution in [0.2, 0.25) is 0 Å². The first-order valence-electron chi connectivity index (χ1n) is 9.00. The fourth-order valence-electron chi connectivity index (χ4n) is 3.39. The van der Waals surface area contributed by atoms with Crippen LogP contribution >= 0.6 is 28.3 Å². The summed E-state index contributed by atoms with van der Waals surface area (Å²) in [6.45, 7) is 2.35. The van der Waals surface area contributed by atoms with Crippen molar-refractivity contribution in [3.05, 3.63) is 46.7 Å². The maximum absolute atomic E-state index is 13.0. The highest BCUT2D eigenvalue weighted by Crippen LogP contribution is 2.32. The van der Waals surface area contributed by atoms with Gasteiger partial charge < -0.3 is 24.3 Å². The van der Waals surface area contributed by atoms with Crippen LogP contribution in [0.5, 0.6) is 5.75 Å². The molecule has 0 bridgehead atoms. The Hall–Kier alpha value is -2.29. The zero-order chi connectivity index (χ0) is 19.7. The molecule has 1 N–H and O–H groups in total. The van der Waals surface area contributed by atoms with Crippen LogP contribution in [-0.2, 0) is 11.8 Å². The van der Waals surface area contributed by atoms with Crippen molar-refractivity contribution in [1.29, 1.82) is 0 Å². The molecule has 1 aliphatic heterocycles. The Labute approximate surface area is 183 Å². The lowest BCUT2D eigenvalue weighted by Gasteiger charge is -2.27. The molecule has 154 valence electrons. The number of nitrogens with one attached hydrogen (secondary N) is 1. The Morgan fingerprint density at radius 3 is 2.72 bits per heavy atom. The van der Waals surface area contributed by atoms with E-state index in [0.29, 0.717) is 37.7 Å². The number of carbonyl (C=O) groups is 1. The number of anilines is 2. The number of hydrogen-bond acceptors (Lipinski definition) is 5. The SMILES string of the molecule is COc1ccc(Nc2ncc(C(=O)N3CCOCC3)c3c2ccn3C)cc1Br.Cl. The lowest BCUT2D eigenvalue weighted by molar-refractivity contribution is 0.0303. The Morgan fingerprint density at radius 1 is 1.28 bits per heavy atom. The van der Waals surface area contributed by atoms with E-state index in [9.17, 15) is 4.79 Å². The van der Waals surface area contributed by atoms with E-state index in [1.165, 1.54) is 0 Å². The fraction of sp³-hybridized carbons (Fsp3) is 0.300. The first kappa shape index (κ1) is 21.4. The van der Waals surface area contributed by atoms with Gasteiger partial charge in [0.25, 0.3) is 5.91 Å². The lowest BCUT2D eigenvalue weighted by Crippen LogP contribution is -2.40. The van der Waals surface area contributed by atoms with Crippen molar-refractivity contribution in [2.75, 3.05) is 38.7 Å². The predicted molar refractivity (Wildman–Crippen MR) is 119 cm³/mol. The molecule has 1 fully saturated rings. The number of morpholine rings is 1. The number of benzene rings is 1. The number of aromatic nitrogens is 2. The van der Waals surface area contributed by atoms with Gasteiger partial charge in [0.2, 0.25) is 0 Å². The third-order valence-corrected chi connectivity index (χ3v) is 5.47. The Kier molecular flexibility index (Phi) is 6.66. The monoisotopic (exact) mass is 480 g/mol. The summed E-state index contributed by atoms with van der Waals surface area (Å²) in [5.74, 6) is 1.45. The standard InChI is InChI=1S/C20H21BrN4O3.ClH/c1-24-6-5-14-18(24)15(20(26)25-7-9-28-10-8-25)12-22-19(14)23-13-3-4-17(27-2)16(21)11-13;/h3-6,11-12H,7-10H2,1-2H3,(H,22,23);1H. The van der Waals surface area contributed by atoms with Gasteiger partial charge in [-0.15, -0.1) is 12.4 Å². The van der Waals surface area contributed by atoms with E-state index in [4.69, 9.17) is 9.47 Å². The van der Waals surface area contributed by atoms with Gasteiger partial charge in [-0.05, 0) is 40.2 Å². The van der Waals surface area contributed by atoms with Gasteiger partial charge in [-0.3, -0.25) is 4.79 Å². The van der Waals surface area contributed by atoms with Crippen LogP contribution in [0, 0.1) is 0 Å². The normalized spacial score (nSPS) is 13.8.